The van der Waals surface area contributed by atoms with Crippen LogP contribution in [0.3, 0.4) is 0 Å². The van der Waals surface area contributed by atoms with Crippen molar-refractivity contribution in [3.8, 4) is 0 Å². The van der Waals surface area contributed by atoms with Crippen molar-refractivity contribution >= 4 is 11.6 Å². The highest BCUT2D eigenvalue weighted by Crippen LogP contribution is 2.20. The Balaban J connectivity index is 1.34. The monoisotopic (exact) mass is 401 g/mol. The Hall–Kier alpha value is -3.31. The van der Waals surface area contributed by atoms with E-state index in [2.05, 4.69) is 39.7 Å². The van der Waals surface area contributed by atoms with Crippen LogP contribution in [0.2, 0.25) is 0 Å². The quantitative estimate of drug-likeness (QED) is 0.504. The van der Waals surface area contributed by atoms with Crippen molar-refractivity contribution in [1.82, 2.24) is 10.3 Å². The maximum absolute atomic E-state index is 13.0. The standard InChI is InChI=1S/C25H24FN3O/c1-18(20-10-12-24(26)13-11-20)27-28-25(30)22-8-6-19(7-9-22)16-29-15-14-21-4-2-3-5-23(21)17-29/h2-13H,14-17H2,1H3,(H,28,30)/b27-18+. The van der Waals surface area contributed by atoms with Crippen LogP contribution in [0.5, 0.6) is 0 Å². The highest BCUT2D eigenvalue weighted by molar-refractivity contribution is 6.00. The topological polar surface area (TPSA) is 44.7 Å². The summed E-state index contributed by atoms with van der Waals surface area (Å²) >= 11 is 0. The molecule has 0 atom stereocenters. The first kappa shape index (κ1) is 20.0. The van der Waals surface area contributed by atoms with Crippen LogP contribution in [-0.2, 0) is 19.5 Å². The highest BCUT2D eigenvalue weighted by atomic mass is 19.1. The second-order valence-corrected chi connectivity index (χ2v) is 7.57. The predicted molar refractivity (Wildman–Crippen MR) is 117 cm³/mol. The summed E-state index contributed by atoms with van der Waals surface area (Å²) < 4.78 is 13.0. The van der Waals surface area contributed by atoms with E-state index in [1.54, 1.807) is 19.1 Å². The molecular formula is C25H24FN3O. The molecule has 0 spiro atoms. The Morgan fingerprint density at radius 3 is 2.37 bits per heavy atom. The largest absolute Gasteiger partial charge is 0.294 e. The lowest BCUT2D eigenvalue weighted by molar-refractivity contribution is 0.0955. The molecule has 30 heavy (non-hydrogen) atoms. The van der Waals surface area contributed by atoms with Crippen LogP contribution in [0.4, 0.5) is 4.39 Å². The Morgan fingerprint density at radius 1 is 0.967 bits per heavy atom. The Kier molecular flexibility index (Phi) is 6.00. The second kappa shape index (κ2) is 9.01. The van der Waals surface area contributed by atoms with Crippen molar-refractivity contribution in [3.05, 3.63) is 106 Å². The van der Waals surface area contributed by atoms with Crippen molar-refractivity contribution in [3.63, 3.8) is 0 Å². The van der Waals surface area contributed by atoms with Gasteiger partial charge in [0.15, 0.2) is 0 Å². The number of hydrogen-bond donors (Lipinski definition) is 1. The average molecular weight is 401 g/mol. The Labute approximate surface area is 176 Å². The number of hydrazone groups is 1. The van der Waals surface area contributed by atoms with E-state index in [-0.39, 0.29) is 11.7 Å². The second-order valence-electron chi connectivity index (χ2n) is 7.57. The molecule has 0 aliphatic carbocycles. The minimum Gasteiger partial charge on any atom is -0.294 e. The number of rotatable bonds is 5. The predicted octanol–water partition coefficient (Wildman–Crippen LogP) is 4.54. The molecule has 5 heteroatoms. The zero-order chi connectivity index (χ0) is 20.9. The van der Waals surface area contributed by atoms with Gasteiger partial charge in [-0.2, -0.15) is 5.10 Å². The fourth-order valence-electron chi connectivity index (χ4n) is 3.66. The molecule has 3 aromatic carbocycles. The fraction of sp³-hybridized carbons (Fsp3) is 0.200. The molecule has 0 fully saturated rings. The summed E-state index contributed by atoms with van der Waals surface area (Å²) in [6.45, 7) is 4.62. The van der Waals surface area contributed by atoms with Gasteiger partial charge in [-0.05, 0) is 59.9 Å². The molecule has 4 nitrogen and oxygen atoms in total. The van der Waals surface area contributed by atoms with Gasteiger partial charge in [0.05, 0.1) is 5.71 Å². The third-order valence-corrected chi connectivity index (χ3v) is 5.42. The lowest BCUT2D eigenvalue weighted by Crippen LogP contribution is -2.30. The van der Waals surface area contributed by atoms with Crippen LogP contribution < -0.4 is 5.43 Å². The SMILES string of the molecule is C/C(=N\NC(=O)c1ccc(CN2CCc3ccccc3C2)cc1)c1ccc(F)cc1. The smallest absolute Gasteiger partial charge is 0.271 e. The zero-order valence-corrected chi connectivity index (χ0v) is 16.9. The van der Waals surface area contributed by atoms with Gasteiger partial charge in [-0.15, -0.1) is 0 Å². The lowest BCUT2D eigenvalue weighted by atomic mass is 9.99. The lowest BCUT2D eigenvalue weighted by Gasteiger charge is -2.28. The molecule has 152 valence electrons. The van der Waals surface area contributed by atoms with E-state index < -0.39 is 0 Å². The van der Waals surface area contributed by atoms with Gasteiger partial charge in [0.1, 0.15) is 5.82 Å². The van der Waals surface area contributed by atoms with Crippen LogP contribution in [0.1, 0.15) is 39.5 Å². The minimum absolute atomic E-state index is 0.269. The van der Waals surface area contributed by atoms with Crippen molar-refractivity contribution in [2.24, 2.45) is 5.10 Å². The first-order valence-electron chi connectivity index (χ1n) is 10.1. The van der Waals surface area contributed by atoms with Gasteiger partial charge in [-0.3, -0.25) is 9.69 Å². The molecule has 4 rings (SSSR count). The molecule has 0 radical (unpaired) electrons. The number of hydrogen-bond acceptors (Lipinski definition) is 3. The van der Waals surface area contributed by atoms with Crippen molar-refractivity contribution in [2.45, 2.75) is 26.4 Å². The van der Waals surface area contributed by atoms with Gasteiger partial charge in [-0.25, -0.2) is 9.82 Å². The van der Waals surface area contributed by atoms with Crippen LogP contribution in [0, 0.1) is 5.82 Å². The molecule has 0 bridgehead atoms. The van der Waals surface area contributed by atoms with Gasteiger partial charge >= 0.3 is 0 Å². The molecule has 0 saturated carbocycles. The van der Waals surface area contributed by atoms with E-state index in [0.717, 1.165) is 31.6 Å². The van der Waals surface area contributed by atoms with E-state index >= 15 is 0 Å². The maximum Gasteiger partial charge on any atom is 0.271 e. The van der Waals surface area contributed by atoms with Crippen molar-refractivity contribution in [1.29, 1.82) is 0 Å². The molecule has 0 unspecified atom stereocenters. The number of amides is 1. The maximum atomic E-state index is 13.0. The average Bonchev–Trinajstić information content (AvgIpc) is 2.78. The van der Waals surface area contributed by atoms with E-state index in [9.17, 15) is 9.18 Å². The molecule has 0 saturated heterocycles. The third kappa shape index (κ3) is 4.81. The van der Waals surface area contributed by atoms with Crippen LogP contribution in [0.15, 0.2) is 77.9 Å². The van der Waals surface area contributed by atoms with Gasteiger partial charge in [0.25, 0.3) is 5.91 Å². The molecule has 3 aromatic rings. The third-order valence-electron chi connectivity index (χ3n) is 5.42. The number of carbonyl (C=O) groups excluding carboxylic acids is 1. The van der Waals surface area contributed by atoms with Crippen molar-refractivity contribution < 1.29 is 9.18 Å². The van der Waals surface area contributed by atoms with Crippen LogP contribution in [-0.4, -0.2) is 23.1 Å². The van der Waals surface area contributed by atoms with E-state index in [1.807, 2.05) is 24.3 Å². The summed E-state index contributed by atoms with van der Waals surface area (Å²) in [5, 5.41) is 4.12. The normalized spacial score (nSPS) is 14.3. The number of nitrogens with zero attached hydrogens (tertiary/aromatic N) is 2. The van der Waals surface area contributed by atoms with E-state index in [4.69, 9.17) is 0 Å². The molecule has 1 aliphatic rings. The molecule has 1 amide bonds. The van der Waals surface area contributed by atoms with Gasteiger partial charge in [0.2, 0.25) is 0 Å². The van der Waals surface area contributed by atoms with Gasteiger partial charge in [0, 0.05) is 25.2 Å². The number of halogens is 1. The molecule has 0 aromatic heterocycles. The minimum atomic E-state index is -0.301. The Morgan fingerprint density at radius 2 is 1.63 bits per heavy atom. The molecule has 1 aliphatic heterocycles. The molecular weight excluding hydrogens is 377 g/mol. The first-order valence-corrected chi connectivity index (χ1v) is 10.1. The van der Waals surface area contributed by atoms with Gasteiger partial charge in [-0.1, -0.05) is 48.5 Å². The summed E-state index contributed by atoms with van der Waals surface area (Å²) in [5.41, 5.74) is 8.52. The fourth-order valence-corrected chi connectivity index (χ4v) is 3.66. The highest BCUT2D eigenvalue weighted by Gasteiger charge is 2.16. The van der Waals surface area contributed by atoms with Crippen molar-refractivity contribution in [2.75, 3.05) is 6.54 Å². The summed E-state index contributed by atoms with van der Waals surface area (Å²) in [4.78, 5) is 14.8. The molecule has 1 N–H and O–H groups in total. The zero-order valence-electron chi connectivity index (χ0n) is 16.9. The number of nitrogens with one attached hydrogen (secondary N) is 1. The summed E-state index contributed by atoms with van der Waals surface area (Å²) in [6.07, 6.45) is 1.07. The number of carbonyl (C=O) groups is 1. The summed E-state index contributed by atoms with van der Waals surface area (Å²) in [6, 6.07) is 22.2. The first-order chi connectivity index (χ1) is 14.6. The molecule has 1 heterocycles. The summed E-state index contributed by atoms with van der Waals surface area (Å²) in [7, 11) is 0. The number of benzene rings is 3. The van der Waals surface area contributed by atoms with E-state index in [0.29, 0.717) is 11.3 Å². The van der Waals surface area contributed by atoms with E-state index in [1.165, 1.54) is 28.8 Å². The number of fused-ring (bicyclic) bond motifs is 1. The van der Waals surface area contributed by atoms with Crippen LogP contribution in [0.25, 0.3) is 0 Å². The summed E-state index contributed by atoms with van der Waals surface area (Å²) in [5.74, 6) is -0.570. The Bertz CT molecular complexity index is 1060. The van der Waals surface area contributed by atoms with Crippen LogP contribution >= 0.6 is 0 Å². The van der Waals surface area contributed by atoms with Gasteiger partial charge < -0.3 is 0 Å².